The molecule has 1 aliphatic carbocycles. The molecule has 6 heteroatoms. The van der Waals surface area contributed by atoms with Crippen molar-refractivity contribution in [2.24, 2.45) is 11.8 Å². The molecule has 2 N–H and O–H groups in total. The smallest absolute Gasteiger partial charge is 0.307 e. The van der Waals surface area contributed by atoms with Crippen molar-refractivity contribution in [1.29, 1.82) is 0 Å². The van der Waals surface area contributed by atoms with Crippen LogP contribution in [-0.2, 0) is 9.59 Å². The summed E-state index contributed by atoms with van der Waals surface area (Å²) < 4.78 is 0. The van der Waals surface area contributed by atoms with E-state index in [0.29, 0.717) is 18.5 Å². The maximum Gasteiger partial charge on any atom is 0.307 e. The van der Waals surface area contributed by atoms with Gasteiger partial charge in [0.25, 0.3) is 0 Å². The van der Waals surface area contributed by atoms with Crippen molar-refractivity contribution in [3.05, 3.63) is 34.6 Å². The fraction of sp³-hybridized carbons (Fsp3) is 0.400. The standard InChI is InChI=1S/C15H17ClN2O3/c1-8-6-10(11(15(20)21)7-9(8)2)14(19)18-12-4-3-5-17-13(12)16/h3-5,10-11H,6-7H2,1-2H3,(H,18,19)(H,20,21)/t10-,11-/m0/s1. The number of aromatic nitrogens is 1. The van der Waals surface area contributed by atoms with Crippen molar-refractivity contribution in [2.45, 2.75) is 26.7 Å². The van der Waals surface area contributed by atoms with Gasteiger partial charge < -0.3 is 10.4 Å². The van der Waals surface area contributed by atoms with Crippen LogP contribution in [0, 0.1) is 11.8 Å². The predicted octanol–water partition coefficient (Wildman–Crippen LogP) is 3.12. The lowest BCUT2D eigenvalue weighted by atomic mass is 9.76. The zero-order valence-electron chi connectivity index (χ0n) is 11.9. The van der Waals surface area contributed by atoms with Crippen LogP contribution in [0.15, 0.2) is 29.5 Å². The first-order chi connectivity index (χ1) is 9.90. The molecule has 5 nitrogen and oxygen atoms in total. The number of pyridine rings is 1. The first-order valence-electron chi connectivity index (χ1n) is 6.69. The van der Waals surface area contributed by atoms with Crippen molar-refractivity contribution in [3.8, 4) is 0 Å². The second-order valence-electron chi connectivity index (χ2n) is 5.35. The van der Waals surface area contributed by atoms with Gasteiger partial charge in [0, 0.05) is 6.20 Å². The number of aliphatic carboxylic acids is 1. The molecule has 1 aromatic heterocycles. The highest BCUT2D eigenvalue weighted by Gasteiger charge is 2.37. The number of anilines is 1. The van der Waals surface area contributed by atoms with Gasteiger partial charge in [-0.05, 0) is 38.8 Å². The van der Waals surface area contributed by atoms with E-state index in [1.165, 1.54) is 6.20 Å². The molecule has 112 valence electrons. The first-order valence-corrected chi connectivity index (χ1v) is 7.07. The molecule has 0 unspecified atom stereocenters. The van der Waals surface area contributed by atoms with E-state index in [4.69, 9.17) is 11.6 Å². The lowest BCUT2D eigenvalue weighted by molar-refractivity contribution is -0.146. The molecule has 0 bridgehead atoms. The maximum atomic E-state index is 12.4. The van der Waals surface area contributed by atoms with Crippen LogP contribution in [0.3, 0.4) is 0 Å². The Morgan fingerprint density at radius 3 is 2.48 bits per heavy atom. The van der Waals surface area contributed by atoms with Gasteiger partial charge in [-0.3, -0.25) is 9.59 Å². The zero-order valence-corrected chi connectivity index (χ0v) is 12.6. The largest absolute Gasteiger partial charge is 0.481 e. The minimum Gasteiger partial charge on any atom is -0.481 e. The lowest BCUT2D eigenvalue weighted by Crippen LogP contribution is -2.36. The molecule has 0 fully saturated rings. The molecule has 21 heavy (non-hydrogen) atoms. The van der Waals surface area contributed by atoms with Crippen molar-refractivity contribution >= 4 is 29.2 Å². The van der Waals surface area contributed by atoms with Crippen LogP contribution >= 0.6 is 11.6 Å². The summed E-state index contributed by atoms with van der Waals surface area (Å²) in [5, 5.41) is 12.2. The van der Waals surface area contributed by atoms with Crippen LogP contribution in [0.4, 0.5) is 5.69 Å². The summed E-state index contributed by atoms with van der Waals surface area (Å²) in [5.74, 6) is -2.57. The summed E-state index contributed by atoms with van der Waals surface area (Å²) in [7, 11) is 0. The van der Waals surface area contributed by atoms with Gasteiger partial charge >= 0.3 is 5.97 Å². The Balaban J connectivity index is 2.21. The number of allylic oxidation sites excluding steroid dienone is 2. The third-order valence-electron chi connectivity index (χ3n) is 3.94. The Hall–Kier alpha value is -1.88. The Morgan fingerprint density at radius 1 is 1.29 bits per heavy atom. The number of nitrogens with zero attached hydrogens (tertiary/aromatic N) is 1. The molecule has 0 saturated carbocycles. The van der Waals surface area contributed by atoms with Crippen molar-refractivity contribution in [3.63, 3.8) is 0 Å². The molecule has 1 heterocycles. The highest BCUT2D eigenvalue weighted by molar-refractivity contribution is 6.32. The van der Waals surface area contributed by atoms with E-state index in [2.05, 4.69) is 10.3 Å². The summed E-state index contributed by atoms with van der Waals surface area (Å²) in [6, 6.07) is 3.30. The van der Waals surface area contributed by atoms with Crippen LogP contribution in [0.2, 0.25) is 5.15 Å². The van der Waals surface area contributed by atoms with Gasteiger partial charge in [0.05, 0.1) is 17.5 Å². The van der Waals surface area contributed by atoms with Crippen LogP contribution in [0.25, 0.3) is 0 Å². The molecule has 1 aromatic rings. The lowest BCUT2D eigenvalue weighted by Gasteiger charge is -2.29. The molecule has 1 amide bonds. The first kappa shape index (κ1) is 15.5. The van der Waals surface area contributed by atoms with E-state index in [1.54, 1.807) is 12.1 Å². The summed E-state index contributed by atoms with van der Waals surface area (Å²) in [6.45, 7) is 3.85. The van der Waals surface area contributed by atoms with E-state index in [0.717, 1.165) is 11.1 Å². The van der Waals surface area contributed by atoms with Gasteiger partial charge in [-0.25, -0.2) is 4.98 Å². The second-order valence-corrected chi connectivity index (χ2v) is 5.71. The minimum atomic E-state index is -0.945. The maximum absolute atomic E-state index is 12.4. The summed E-state index contributed by atoms with van der Waals surface area (Å²) >= 11 is 5.91. The Morgan fingerprint density at radius 2 is 1.90 bits per heavy atom. The van der Waals surface area contributed by atoms with Crippen LogP contribution < -0.4 is 5.32 Å². The molecule has 1 aliphatic rings. The third-order valence-corrected chi connectivity index (χ3v) is 4.24. The number of carbonyl (C=O) groups excluding carboxylic acids is 1. The van der Waals surface area contributed by atoms with E-state index < -0.39 is 17.8 Å². The van der Waals surface area contributed by atoms with Gasteiger partial charge in [-0.15, -0.1) is 0 Å². The second kappa shape index (κ2) is 6.26. The minimum absolute atomic E-state index is 0.192. The molecule has 0 saturated heterocycles. The molecular formula is C15H17ClN2O3. The highest BCUT2D eigenvalue weighted by Crippen LogP contribution is 2.35. The van der Waals surface area contributed by atoms with E-state index in [-0.39, 0.29) is 11.1 Å². The zero-order chi connectivity index (χ0) is 15.6. The van der Waals surface area contributed by atoms with Gasteiger partial charge in [-0.1, -0.05) is 22.7 Å². The fourth-order valence-corrected chi connectivity index (χ4v) is 2.70. The monoisotopic (exact) mass is 308 g/mol. The fourth-order valence-electron chi connectivity index (χ4n) is 2.53. The van der Waals surface area contributed by atoms with Crippen LogP contribution in [0.1, 0.15) is 26.7 Å². The van der Waals surface area contributed by atoms with Gasteiger partial charge in [0.2, 0.25) is 5.91 Å². The molecule has 0 aliphatic heterocycles. The van der Waals surface area contributed by atoms with E-state index >= 15 is 0 Å². The molecular weight excluding hydrogens is 292 g/mol. The molecule has 2 rings (SSSR count). The molecule has 0 radical (unpaired) electrons. The molecule has 0 spiro atoms. The Kier molecular flexibility index (Phi) is 4.63. The number of nitrogens with one attached hydrogen (secondary N) is 1. The number of rotatable bonds is 3. The number of hydrogen-bond donors (Lipinski definition) is 2. The average molecular weight is 309 g/mol. The normalized spacial score (nSPS) is 22.0. The number of amides is 1. The van der Waals surface area contributed by atoms with Gasteiger partial charge in [0.1, 0.15) is 0 Å². The van der Waals surface area contributed by atoms with Gasteiger partial charge in [-0.2, -0.15) is 0 Å². The molecule has 2 atom stereocenters. The van der Waals surface area contributed by atoms with Crippen LogP contribution in [0.5, 0.6) is 0 Å². The number of carbonyl (C=O) groups is 2. The van der Waals surface area contributed by atoms with E-state index in [9.17, 15) is 14.7 Å². The number of carboxylic acid groups (broad SMARTS) is 1. The quantitative estimate of drug-likeness (QED) is 0.664. The van der Waals surface area contributed by atoms with Crippen molar-refractivity contribution in [1.82, 2.24) is 4.98 Å². The molecule has 0 aromatic carbocycles. The summed E-state index contributed by atoms with van der Waals surface area (Å²) in [4.78, 5) is 27.7. The number of hydrogen-bond acceptors (Lipinski definition) is 3. The highest BCUT2D eigenvalue weighted by atomic mass is 35.5. The van der Waals surface area contributed by atoms with Crippen molar-refractivity contribution in [2.75, 3.05) is 5.32 Å². The van der Waals surface area contributed by atoms with Crippen molar-refractivity contribution < 1.29 is 14.7 Å². The average Bonchev–Trinajstić information content (AvgIpc) is 2.43. The number of carboxylic acids is 1. The van der Waals surface area contributed by atoms with Gasteiger partial charge in [0.15, 0.2) is 5.15 Å². The summed E-state index contributed by atoms with van der Waals surface area (Å²) in [5.41, 5.74) is 2.52. The van der Waals surface area contributed by atoms with E-state index in [1.807, 2.05) is 13.8 Å². The number of halogens is 1. The SMILES string of the molecule is CC1=C(C)C[C@H](C(=O)Nc2cccnc2Cl)[C@@H](C(=O)O)C1. The topological polar surface area (TPSA) is 79.3 Å². The Bertz CT molecular complexity index is 613. The Labute approximate surface area is 128 Å². The predicted molar refractivity (Wildman–Crippen MR) is 80.1 cm³/mol. The third kappa shape index (κ3) is 3.42. The van der Waals surface area contributed by atoms with Crippen LogP contribution in [-0.4, -0.2) is 22.0 Å². The summed E-state index contributed by atoms with van der Waals surface area (Å²) in [6.07, 6.45) is 2.38.